The molecule has 1 atom stereocenters. The Bertz CT molecular complexity index is 1210. The standard InChI is InChI=1S/C30H32F2N4/c31-26-17-25(18-27(32)30(26)35-15-12-22(13-16-35)21-5-2-1-3-6-21)36-14-4-7-29(36)24-10-8-23(9-11-24)28-19-33-20-34-28/h1-3,5-6,8-11,17-19,22,29,33-34H,4,7,12-16,20H2. The molecular formula is C30H32F2N4. The smallest absolute Gasteiger partial charge is 0.151 e. The van der Waals surface area contributed by atoms with Crippen LogP contribution in [-0.2, 0) is 0 Å². The summed E-state index contributed by atoms with van der Waals surface area (Å²) in [5.74, 6) is -0.478. The number of rotatable bonds is 5. The third-order valence-electron chi connectivity index (χ3n) is 7.90. The van der Waals surface area contributed by atoms with E-state index in [1.807, 2.05) is 17.2 Å². The first kappa shape index (κ1) is 22.9. The third-order valence-corrected chi connectivity index (χ3v) is 7.90. The van der Waals surface area contributed by atoms with Crippen molar-refractivity contribution in [3.05, 3.63) is 101 Å². The van der Waals surface area contributed by atoms with Crippen molar-refractivity contribution in [2.75, 3.05) is 36.1 Å². The molecule has 4 nitrogen and oxygen atoms in total. The van der Waals surface area contributed by atoms with Gasteiger partial charge in [0.15, 0.2) is 11.6 Å². The Morgan fingerprint density at radius 3 is 2.17 bits per heavy atom. The second kappa shape index (κ2) is 9.84. The van der Waals surface area contributed by atoms with Crippen LogP contribution in [0.4, 0.5) is 20.2 Å². The lowest BCUT2D eigenvalue weighted by Gasteiger charge is -2.35. The second-order valence-corrected chi connectivity index (χ2v) is 10.0. The predicted octanol–water partition coefficient (Wildman–Crippen LogP) is 6.14. The normalized spacial score (nSPS) is 20.3. The van der Waals surface area contributed by atoms with Gasteiger partial charge < -0.3 is 20.4 Å². The lowest BCUT2D eigenvalue weighted by Crippen LogP contribution is -2.34. The average molecular weight is 487 g/mol. The molecule has 3 aliphatic rings. The highest BCUT2D eigenvalue weighted by Gasteiger charge is 2.30. The van der Waals surface area contributed by atoms with Gasteiger partial charge in [-0.05, 0) is 60.4 Å². The maximum Gasteiger partial charge on any atom is 0.151 e. The number of hydrogen-bond donors (Lipinski definition) is 2. The highest BCUT2D eigenvalue weighted by molar-refractivity contribution is 5.66. The van der Waals surface area contributed by atoms with Crippen LogP contribution < -0.4 is 20.4 Å². The minimum Gasteiger partial charge on any atom is -0.372 e. The first-order valence-corrected chi connectivity index (χ1v) is 13.0. The number of anilines is 2. The lowest BCUT2D eigenvalue weighted by molar-refractivity contribution is 0.486. The van der Waals surface area contributed by atoms with E-state index in [1.165, 1.54) is 23.3 Å². The molecule has 2 N–H and O–H groups in total. The Kier molecular flexibility index (Phi) is 6.26. The van der Waals surface area contributed by atoms with Gasteiger partial charge in [0.25, 0.3) is 0 Å². The molecule has 0 bridgehead atoms. The summed E-state index contributed by atoms with van der Waals surface area (Å²) < 4.78 is 30.8. The molecular weight excluding hydrogens is 454 g/mol. The zero-order valence-corrected chi connectivity index (χ0v) is 20.4. The first-order valence-electron chi connectivity index (χ1n) is 13.0. The van der Waals surface area contributed by atoms with E-state index in [4.69, 9.17) is 0 Å². The molecule has 2 fully saturated rings. The molecule has 3 heterocycles. The van der Waals surface area contributed by atoms with Crippen molar-refractivity contribution in [1.29, 1.82) is 0 Å². The van der Waals surface area contributed by atoms with Crippen LogP contribution in [0.25, 0.3) is 5.70 Å². The van der Waals surface area contributed by atoms with E-state index in [0.717, 1.165) is 50.2 Å². The van der Waals surface area contributed by atoms with Gasteiger partial charge in [0.2, 0.25) is 0 Å². The first-order chi connectivity index (χ1) is 17.7. The molecule has 0 aliphatic carbocycles. The fourth-order valence-corrected chi connectivity index (χ4v) is 6.02. The molecule has 0 radical (unpaired) electrons. The molecule has 36 heavy (non-hydrogen) atoms. The van der Waals surface area contributed by atoms with Gasteiger partial charge in [0.05, 0.1) is 18.4 Å². The molecule has 0 aromatic heterocycles. The SMILES string of the molecule is Fc1cc(N2CCCC2c2ccc(C3=CNCN3)cc2)cc(F)c1N1CCC(c2ccccc2)CC1. The number of nitrogens with zero attached hydrogens (tertiary/aromatic N) is 2. The highest BCUT2D eigenvalue weighted by atomic mass is 19.1. The number of halogens is 2. The van der Waals surface area contributed by atoms with Gasteiger partial charge in [-0.3, -0.25) is 0 Å². The van der Waals surface area contributed by atoms with E-state index < -0.39 is 11.6 Å². The molecule has 0 saturated carbocycles. The van der Waals surface area contributed by atoms with Crippen LogP contribution in [0.3, 0.4) is 0 Å². The van der Waals surface area contributed by atoms with Gasteiger partial charge in [-0.15, -0.1) is 0 Å². The van der Waals surface area contributed by atoms with Gasteiger partial charge >= 0.3 is 0 Å². The summed E-state index contributed by atoms with van der Waals surface area (Å²) in [4.78, 5) is 4.04. The Balaban J connectivity index is 1.18. The molecule has 3 aliphatic heterocycles. The van der Waals surface area contributed by atoms with Crippen molar-refractivity contribution < 1.29 is 8.78 Å². The Hall–Kier alpha value is -3.54. The summed E-state index contributed by atoms with van der Waals surface area (Å²) >= 11 is 0. The van der Waals surface area contributed by atoms with Gasteiger partial charge in [-0.2, -0.15) is 0 Å². The van der Waals surface area contributed by atoms with E-state index in [9.17, 15) is 0 Å². The Morgan fingerprint density at radius 2 is 1.50 bits per heavy atom. The van der Waals surface area contributed by atoms with Crippen molar-refractivity contribution in [2.24, 2.45) is 0 Å². The molecule has 186 valence electrons. The Labute approximate surface area is 211 Å². The van der Waals surface area contributed by atoms with E-state index in [-0.39, 0.29) is 11.7 Å². The summed E-state index contributed by atoms with van der Waals surface area (Å²) in [5, 5.41) is 6.47. The van der Waals surface area contributed by atoms with Crippen LogP contribution in [0.5, 0.6) is 0 Å². The number of benzene rings is 3. The van der Waals surface area contributed by atoms with E-state index in [0.29, 0.717) is 24.7 Å². The van der Waals surface area contributed by atoms with Crippen molar-refractivity contribution >= 4 is 17.1 Å². The van der Waals surface area contributed by atoms with Crippen LogP contribution in [0.1, 0.15) is 54.3 Å². The summed E-state index contributed by atoms with van der Waals surface area (Å²) in [7, 11) is 0. The number of nitrogens with one attached hydrogen (secondary N) is 2. The molecule has 0 spiro atoms. The maximum absolute atomic E-state index is 15.4. The van der Waals surface area contributed by atoms with Crippen molar-refractivity contribution in [3.63, 3.8) is 0 Å². The molecule has 1 unspecified atom stereocenters. The zero-order valence-electron chi connectivity index (χ0n) is 20.4. The fourth-order valence-electron chi connectivity index (χ4n) is 6.02. The predicted molar refractivity (Wildman–Crippen MR) is 142 cm³/mol. The minimum absolute atomic E-state index is 0.119. The maximum atomic E-state index is 15.4. The number of piperidine rings is 1. The molecule has 0 amide bonds. The quantitative estimate of drug-likeness (QED) is 0.454. The van der Waals surface area contributed by atoms with Crippen LogP contribution in [-0.4, -0.2) is 26.3 Å². The molecule has 3 aromatic carbocycles. The van der Waals surface area contributed by atoms with Crippen LogP contribution in [0.2, 0.25) is 0 Å². The third kappa shape index (κ3) is 4.41. The van der Waals surface area contributed by atoms with Crippen molar-refractivity contribution in [3.8, 4) is 0 Å². The average Bonchev–Trinajstić information content (AvgIpc) is 3.62. The summed E-state index contributed by atoms with van der Waals surface area (Å²) in [6.45, 7) is 2.86. The van der Waals surface area contributed by atoms with Gasteiger partial charge in [-0.25, -0.2) is 8.78 Å². The second-order valence-electron chi connectivity index (χ2n) is 10.0. The van der Waals surface area contributed by atoms with E-state index >= 15 is 8.78 Å². The molecule has 3 aromatic rings. The van der Waals surface area contributed by atoms with Crippen molar-refractivity contribution in [1.82, 2.24) is 10.6 Å². The fraction of sp³-hybridized carbons (Fsp3) is 0.333. The lowest BCUT2D eigenvalue weighted by atomic mass is 9.89. The van der Waals surface area contributed by atoms with Crippen molar-refractivity contribution in [2.45, 2.75) is 37.6 Å². The molecule has 6 rings (SSSR count). The van der Waals surface area contributed by atoms with Crippen LogP contribution >= 0.6 is 0 Å². The van der Waals surface area contributed by atoms with Gasteiger partial charge in [0, 0.05) is 31.5 Å². The van der Waals surface area contributed by atoms with Crippen LogP contribution in [0, 0.1) is 11.6 Å². The van der Waals surface area contributed by atoms with E-state index in [2.05, 4.69) is 64.1 Å². The molecule has 2 saturated heterocycles. The molecule has 6 heteroatoms. The number of hydrogen-bond acceptors (Lipinski definition) is 4. The summed E-state index contributed by atoms with van der Waals surface area (Å²) in [6, 6.07) is 22.1. The zero-order chi connectivity index (χ0) is 24.5. The van der Waals surface area contributed by atoms with Gasteiger partial charge in [-0.1, -0.05) is 54.6 Å². The minimum atomic E-state index is -0.462. The highest BCUT2D eigenvalue weighted by Crippen LogP contribution is 2.40. The van der Waals surface area contributed by atoms with E-state index in [1.54, 1.807) is 0 Å². The summed E-state index contributed by atoms with van der Waals surface area (Å²) in [6.07, 6.45) is 5.75. The monoisotopic (exact) mass is 486 g/mol. The Morgan fingerprint density at radius 1 is 0.778 bits per heavy atom. The largest absolute Gasteiger partial charge is 0.372 e. The summed E-state index contributed by atoms with van der Waals surface area (Å²) in [5.41, 5.74) is 5.45. The van der Waals surface area contributed by atoms with Gasteiger partial charge in [0.1, 0.15) is 5.69 Å². The van der Waals surface area contributed by atoms with Crippen LogP contribution in [0.15, 0.2) is 72.9 Å². The topological polar surface area (TPSA) is 30.5 Å².